The number of rotatable bonds is 6. The van der Waals surface area contributed by atoms with Gasteiger partial charge in [0, 0.05) is 0 Å². The molecule has 0 aliphatic carbocycles. The molecule has 2 aromatic rings. The molecule has 0 unspecified atom stereocenters. The zero-order valence-corrected chi connectivity index (χ0v) is 12.2. The number of hydrogen-bond acceptors (Lipinski definition) is 4. The number of carbonyl (C=O) groups excluding carboxylic acids is 1. The fraction of sp³-hybridized carbons (Fsp3) is 0.176. The van der Waals surface area contributed by atoms with E-state index in [2.05, 4.69) is 5.32 Å². The normalized spacial score (nSPS) is 9.82. The van der Waals surface area contributed by atoms with Gasteiger partial charge in [-0.1, -0.05) is 24.3 Å². The van der Waals surface area contributed by atoms with Crippen molar-refractivity contribution >= 4 is 11.6 Å². The molecule has 0 fully saturated rings. The molecule has 0 aromatic heterocycles. The highest BCUT2D eigenvalue weighted by molar-refractivity contribution is 5.92. The fourth-order valence-electron chi connectivity index (χ4n) is 1.86. The smallest absolute Gasteiger partial charge is 0.250 e. The van der Waals surface area contributed by atoms with Gasteiger partial charge in [-0.3, -0.25) is 4.79 Å². The van der Waals surface area contributed by atoms with E-state index >= 15 is 0 Å². The summed E-state index contributed by atoms with van der Waals surface area (Å²) in [4.78, 5) is 11.8. The van der Waals surface area contributed by atoms with Crippen molar-refractivity contribution in [3.8, 4) is 11.8 Å². The molecule has 0 aliphatic heterocycles. The van der Waals surface area contributed by atoms with E-state index in [1.54, 1.807) is 31.4 Å². The molecule has 2 aromatic carbocycles. The fourth-order valence-corrected chi connectivity index (χ4v) is 1.86. The van der Waals surface area contributed by atoms with Crippen molar-refractivity contribution in [3.63, 3.8) is 0 Å². The Morgan fingerprint density at radius 2 is 1.91 bits per heavy atom. The third-order valence-corrected chi connectivity index (χ3v) is 2.98. The second kappa shape index (κ2) is 7.81. The first-order valence-corrected chi connectivity index (χ1v) is 6.72. The van der Waals surface area contributed by atoms with Crippen molar-refractivity contribution < 1.29 is 14.3 Å². The van der Waals surface area contributed by atoms with Gasteiger partial charge in [-0.05, 0) is 29.8 Å². The number of benzene rings is 2. The van der Waals surface area contributed by atoms with Crippen LogP contribution < -0.4 is 10.1 Å². The number of para-hydroxylation sites is 1. The Hall–Kier alpha value is -2.84. The molecule has 0 bridgehead atoms. The molecular formula is C17H16N2O3. The summed E-state index contributed by atoms with van der Waals surface area (Å²) in [5, 5.41) is 11.6. The molecule has 2 rings (SSSR count). The number of ether oxygens (including phenoxy) is 2. The highest BCUT2D eigenvalue weighted by Gasteiger charge is 2.06. The highest BCUT2D eigenvalue weighted by atomic mass is 16.5. The average Bonchev–Trinajstić information content (AvgIpc) is 2.56. The summed E-state index contributed by atoms with van der Waals surface area (Å²) in [5.74, 6) is 0.478. The van der Waals surface area contributed by atoms with Crippen LogP contribution in [0.5, 0.6) is 5.75 Å². The molecule has 0 saturated heterocycles. The lowest BCUT2D eigenvalue weighted by Crippen LogP contribution is -2.18. The number of hydrogen-bond donors (Lipinski definition) is 1. The molecule has 0 radical (unpaired) electrons. The van der Waals surface area contributed by atoms with Crippen molar-refractivity contribution in [2.75, 3.05) is 19.0 Å². The zero-order valence-electron chi connectivity index (χ0n) is 12.2. The van der Waals surface area contributed by atoms with E-state index in [-0.39, 0.29) is 12.5 Å². The predicted molar refractivity (Wildman–Crippen MR) is 82.4 cm³/mol. The van der Waals surface area contributed by atoms with E-state index in [0.29, 0.717) is 17.9 Å². The van der Waals surface area contributed by atoms with Gasteiger partial charge in [0.05, 0.1) is 25.0 Å². The largest absolute Gasteiger partial charge is 0.497 e. The minimum atomic E-state index is -0.295. The third-order valence-electron chi connectivity index (χ3n) is 2.98. The number of nitrogens with zero attached hydrogens (tertiary/aromatic N) is 1. The lowest BCUT2D eigenvalue weighted by atomic mass is 10.2. The summed E-state index contributed by atoms with van der Waals surface area (Å²) in [6.45, 7) is 0.253. The quantitative estimate of drug-likeness (QED) is 0.889. The zero-order chi connectivity index (χ0) is 15.8. The maximum Gasteiger partial charge on any atom is 0.250 e. The van der Waals surface area contributed by atoms with Gasteiger partial charge in [-0.25, -0.2) is 0 Å². The van der Waals surface area contributed by atoms with Crippen LogP contribution in [0, 0.1) is 11.3 Å². The maximum atomic E-state index is 11.8. The van der Waals surface area contributed by atoms with Crippen LogP contribution in [-0.4, -0.2) is 19.6 Å². The van der Waals surface area contributed by atoms with Crippen LogP contribution in [0.2, 0.25) is 0 Å². The number of anilines is 1. The van der Waals surface area contributed by atoms with Gasteiger partial charge in [-0.15, -0.1) is 0 Å². The van der Waals surface area contributed by atoms with Crippen molar-refractivity contribution in [1.82, 2.24) is 0 Å². The van der Waals surface area contributed by atoms with E-state index in [0.717, 1.165) is 11.3 Å². The topological polar surface area (TPSA) is 71.3 Å². The predicted octanol–water partition coefficient (Wildman–Crippen LogP) is 2.72. The second-order valence-electron chi connectivity index (χ2n) is 4.55. The van der Waals surface area contributed by atoms with Crippen LogP contribution in [0.3, 0.4) is 0 Å². The summed E-state index contributed by atoms with van der Waals surface area (Å²) in [7, 11) is 1.61. The first-order chi connectivity index (χ1) is 10.7. The number of nitrogens with one attached hydrogen (secondary N) is 1. The van der Waals surface area contributed by atoms with Gasteiger partial charge in [0.1, 0.15) is 18.4 Å². The molecule has 5 nitrogen and oxygen atoms in total. The van der Waals surface area contributed by atoms with E-state index < -0.39 is 0 Å². The van der Waals surface area contributed by atoms with E-state index in [1.165, 1.54) is 0 Å². The van der Waals surface area contributed by atoms with E-state index in [4.69, 9.17) is 14.7 Å². The van der Waals surface area contributed by atoms with Gasteiger partial charge >= 0.3 is 0 Å². The minimum Gasteiger partial charge on any atom is -0.497 e. The van der Waals surface area contributed by atoms with Gasteiger partial charge < -0.3 is 14.8 Å². The van der Waals surface area contributed by atoms with Crippen LogP contribution in [-0.2, 0) is 16.1 Å². The standard InChI is InChI=1S/C17H16N2O3/c1-21-15-8-6-13(7-9-15)11-22-12-17(20)19-16-5-3-2-4-14(16)10-18/h2-9H,11-12H2,1H3,(H,19,20). The number of methoxy groups -OCH3 is 1. The second-order valence-corrected chi connectivity index (χ2v) is 4.55. The molecule has 0 atom stereocenters. The third kappa shape index (κ3) is 4.33. The summed E-state index contributed by atoms with van der Waals surface area (Å²) in [6, 6.07) is 16.3. The molecule has 0 saturated carbocycles. The molecule has 112 valence electrons. The van der Waals surface area contributed by atoms with Crippen molar-refractivity contribution in [2.24, 2.45) is 0 Å². The molecule has 22 heavy (non-hydrogen) atoms. The average molecular weight is 296 g/mol. The van der Waals surface area contributed by atoms with Gasteiger partial charge in [0.2, 0.25) is 5.91 Å². The van der Waals surface area contributed by atoms with Gasteiger partial charge in [-0.2, -0.15) is 5.26 Å². The molecular weight excluding hydrogens is 280 g/mol. The Labute approximate surface area is 129 Å². The first-order valence-electron chi connectivity index (χ1n) is 6.72. The highest BCUT2D eigenvalue weighted by Crippen LogP contribution is 2.14. The SMILES string of the molecule is COc1ccc(COCC(=O)Nc2ccccc2C#N)cc1. The Morgan fingerprint density at radius 1 is 1.18 bits per heavy atom. The molecule has 0 heterocycles. The van der Waals surface area contributed by atoms with Gasteiger partial charge in [0.25, 0.3) is 0 Å². The Morgan fingerprint density at radius 3 is 2.59 bits per heavy atom. The van der Waals surface area contributed by atoms with Crippen LogP contribution in [0.15, 0.2) is 48.5 Å². The van der Waals surface area contributed by atoms with Crippen LogP contribution in [0.4, 0.5) is 5.69 Å². The Bertz CT molecular complexity index is 675. The van der Waals surface area contributed by atoms with Gasteiger partial charge in [0.15, 0.2) is 0 Å². The molecule has 1 amide bonds. The summed E-state index contributed by atoms with van der Waals surface area (Å²) in [6.07, 6.45) is 0. The molecule has 0 spiro atoms. The Balaban J connectivity index is 1.81. The molecule has 1 N–H and O–H groups in total. The van der Waals surface area contributed by atoms with Crippen LogP contribution in [0.25, 0.3) is 0 Å². The number of carbonyl (C=O) groups is 1. The lowest BCUT2D eigenvalue weighted by Gasteiger charge is -2.08. The minimum absolute atomic E-state index is 0.0776. The molecule has 5 heteroatoms. The number of nitriles is 1. The van der Waals surface area contributed by atoms with Crippen molar-refractivity contribution in [2.45, 2.75) is 6.61 Å². The lowest BCUT2D eigenvalue weighted by molar-refractivity contribution is -0.121. The Kier molecular flexibility index (Phi) is 5.52. The van der Waals surface area contributed by atoms with Crippen molar-refractivity contribution in [3.05, 3.63) is 59.7 Å². The summed E-state index contributed by atoms with van der Waals surface area (Å²) >= 11 is 0. The van der Waals surface area contributed by atoms with E-state index in [1.807, 2.05) is 30.3 Å². The molecule has 0 aliphatic rings. The maximum absolute atomic E-state index is 11.8. The van der Waals surface area contributed by atoms with Crippen LogP contribution in [0.1, 0.15) is 11.1 Å². The van der Waals surface area contributed by atoms with Crippen molar-refractivity contribution in [1.29, 1.82) is 5.26 Å². The summed E-state index contributed by atoms with van der Waals surface area (Å²) in [5.41, 5.74) is 1.86. The van der Waals surface area contributed by atoms with Crippen LogP contribution >= 0.6 is 0 Å². The van der Waals surface area contributed by atoms with E-state index in [9.17, 15) is 4.79 Å². The number of amides is 1. The summed E-state index contributed by atoms with van der Waals surface area (Å²) < 4.78 is 10.4. The first kappa shape index (κ1) is 15.5. The monoisotopic (exact) mass is 296 g/mol.